The molecule has 1 heterocycles. The van der Waals surface area contributed by atoms with Gasteiger partial charge in [-0.1, -0.05) is 12.1 Å². The summed E-state index contributed by atoms with van der Waals surface area (Å²) in [5, 5.41) is 2.72. The Labute approximate surface area is 141 Å². The summed E-state index contributed by atoms with van der Waals surface area (Å²) >= 11 is 0. The maximum absolute atomic E-state index is 12.0. The van der Waals surface area contributed by atoms with Gasteiger partial charge >= 0.3 is 0 Å². The monoisotopic (exact) mass is 336 g/mol. The van der Waals surface area contributed by atoms with Crippen molar-refractivity contribution in [2.45, 2.75) is 19.4 Å². The molecule has 0 aliphatic carbocycles. The van der Waals surface area contributed by atoms with Gasteiger partial charge in [-0.25, -0.2) is 0 Å². The van der Waals surface area contributed by atoms with Gasteiger partial charge in [-0.3, -0.25) is 9.59 Å². The van der Waals surface area contributed by atoms with Crippen LogP contribution in [0.15, 0.2) is 24.3 Å². The molecule has 2 amide bonds. The molecule has 0 radical (unpaired) electrons. The third kappa shape index (κ3) is 5.50. The number of carbonyl (C=O) groups is 2. The second kappa shape index (κ2) is 9.24. The zero-order chi connectivity index (χ0) is 17.4. The standard InChI is InChI=1S/C17H24N2O5/c1-2-23-14-5-3-12(4-6-14)9-13(16(18)20)10-19-17(21)15-11-22-7-8-24-15/h3-6,13,15H,2,7-11H2,1H3,(H2,18,20)(H,19,21)/t13-,15+/m0/s1. The van der Waals surface area contributed by atoms with Crippen molar-refractivity contribution >= 4 is 11.8 Å². The second-order valence-corrected chi connectivity index (χ2v) is 5.56. The number of amides is 2. The normalized spacial score (nSPS) is 18.6. The highest BCUT2D eigenvalue weighted by Crippen LogP contribution is 2.15. The largest absolute Gasteiger partial charge is 0.494 e. The van der Waals surface area contributed by atoms with Gasteiger partial charge in [0.1, 0.15) is 5.75 Å². The van der Waals surface area contributed by atoms with E-state index in [-0.39, 0.29) is 19.1 Å². The molecule has 1 aromatic rings. The molecule has 0 unspecified atom stereocenters. The summed E-state index contributed by atoms with van der Waals surface area (Å²) in [6, 6.07) is 7.48. The van der Waals surface area contributed by atoms with Gasteiger partial charge in [-0.05, 0) is 31.0 Å². The van der Waals surface area contributed by atoms with E-state index < -0.39 is 17.9 Å². The van der Waals surface area contributed by atoms with Gasteiger partial charge in [0.05, 0.1) is 32.3 Å². The van der Waals surface area contributed by atoms with E-state index in [0.29, 0.717) is 26.2 Å². The van der Waals surface area contributed by atoms with Crippen LogP contribution in [0.2, 0.25) is 0 Å². The molecular weight excluding hydrogens is 312 g/mol. The van der Waals surface area contributed by atoms with E-state index in [1.54, 1.807) is 0 Å². The SMILES string of the molecule is CCOc1ccc(C[C@@H](CNC(=O)[C@H]2COCCO2)C(N)=O)cc1. The number of carbonyl (C=O) groups excluding carboxylic acids is 2. The Hall–Kier alpha value is -2.12. The first-order valence-corrected chi connectivity index (χ1v) is 8.08. The lowest BCUT2D eigenvalue weighted by molar-refractivity contribution is -0.147. The Kier molecular flexibility index (Phi) is 7.02. The minimum absolute atomic E-state index is 0.168. The highest BCUT2D eigenvalue weighted by Gasteiger charge is 2.24. The molecule has 0 aromatic heterocycles. The topological polar surface area (TPSA) is 99.9 Å². The fourth-order valence-electron chi connectivity index (χ4n) is 2.42. The average Bonchev–Trinajstić information content (AvgIpc) is 2.60. The van der Waals surface area contributed by atoms with Gasteiger partial charge in [-0.2, -0.15) is 0 Å². The predicted molar refractivity (Wildman–Crippen MR) is 87.6 cm³/mol. The summed E-state index contributed by atoms with van der Waals surface area (Å²) in [7, 11) is 0. The first-order chi connectivity index (χ1) is 11.6. The van der Waals surface area contributed by atoms with Crippen molar-refractivity contribution in [2.75, 3.05) is 33.0 Å². The van der Waals surface area contributed by atoms with Crippen LogP contribution < -0.4 is 15.8 Å². The van der Waals surface area contributed by atoms with Crippen molar-refractivity contribution in [3.8, 4) is 5.75 Å². The molecule has 132 valence electrons. The van der Waals surface area contributed by atoms with Crippen LogP contribution in [0, 0.1) is 5.92 Å². The molecule has 7 nitrogen and oxygen atoms in total. The molecule has 2 atom stereocenters. The molecular formula is C17H24N2O5. The molecule has 1 fully saturated rings. The molecule has 2 rings (SSSR count). The summed E-state index contributed by atoms with van der Waals surface area (Å²) < 4.78 is 15.9. The second-order valence-electron chi connectivity index (χ2n) is 5.56. The van der Waals surface area contributed by atoms with Gasteiger partial charge in [0, 0.05) is 6.54 Å². The molecule has 3 N–H and O–H groups in total. The van der Waals surface area contributed by atoms with Crippen LogP contribution in [-0.2, 0) is 25.5 Å². The highest BCUT2D eigenvalue weighted by atomic mass is 16.6. The third-order valence-electron chi connectivity index (χ3n) is 3.75. The van der Waals surface area contributed by atoms with E-state index >= 15 is 0 Å². The number of nitrogens with one attached hydrogen (secondary N) is 1. The Balaban J connectivity index is 1.87. The van der Waals surface area contributed by atoms with Crippen molar-refractivity contribution in [1.29, 1.82) is 0 Å². The van der Waals surface area contributed by atoms with Crippen LogP contribution in [-0.4, -0.2) is 50.9 Å². The quantitative estimate of drug-likeness (QED) is 0.709. The smallest absolute Gasteiger partial charge is 0.251 e. The van der Waals surface area contributed by atoms with Crippen LogP contribution in [0.1, 0.15) is 12.5 Å². The summed E-state index contributed by atoms with van der Waals surface area (Å²) in [5.41, 5.74) is 6.41. The predicted octanol–water partition coefficient (Wildman–Crippen LogP) is 0.261. The molecule has 1 saturated heterocycles. The zero-order valence-electron chi connectivity index (χ0n) is 13.8. The van der Waals surface area contributed by atoms with Crippen molar-refractivity contribution in [1.82, 2.24) is 5.32 Å². The number of ether oxygens (including phenoxy) is 3. The molecule has 0 bridgehead atoms. The summed E-state index contributed by atoms with van der Waals surface area (Å²) in [4.78, 5) is 23.7. The third-order valence-corrected chi connectivity index (χ3v) is 3.75. The minimum atomic E-state index is -0.627. The average molecular weight is 336 g/mol. The molecule has 0 spiro atoms. The van der Waals surface area contributed by atoms with Crippen LogP contribution >= 0.6 is 0 Å². The van der Waals surface area contributed by atoms with Gasteiger partial charge in [0.2, 0.25) is 5.91 Å². The fourth-order valence-corrected chi connectivity index (χ4v) is 2.42. The van der Waals surface area contributed by atoms with E-state index in [2.05, 4.69) is 5.32 Å². The molecule has 24 heavy (non-hydrogen) atoms. The Bertz CT molecular complexity index is 540. The van der Waals surface area contributed by atoms with Crippen molar-refractivity contribution < 1.29 is 23.8 Å². The lowest BCUT2D eigenvalue weighted by Crippen LogP contribution is -2.46. The summed E-state index contributed by atoms with van der Waals surface area (Å²) in [6.07, 6.45) is -0.179. The Morgan fingerprint density at radius 3 is 2.67 bits per heavy atom. The van der Waals surface area contributed by atoms with E-state index in [1.165, 1.54) is 0 Å². The fraction of sp³-hybridized carbons (Fsp3) is 0.529. The first kappa shape index (κ1) is 18.2. The number of hydrogen-bond acceptors (Lipinski definition) is 5. The summed E-state index contributed by atoms with van der Waals surface area (Å²) in [6.45, 7) is 3.80. The van der Waals surface area contributed by atoms with Gasteiger partial charge in [-0.15, -0.1) is 0 Å². The number of rotatable bonds is 8. The molecule has 1 aliphatic rings. The van der Waals surface area contributed by atoms with E-state index in [9.17, 15) is 9.59 Å². The van der Waals surface area contributed by atoms with E-state index in [1.807, 2.05) is 31.2 Å². The number of hydrogen-bond donors (Lipinski definition) is 2. The molecule has 7 heteroatoms. The molecule has 1 aromatic carbocycles. The molecule has 0 saturated carbocycles. The number of primary amides is 1. The van der Waals surface area contributed by atoms with Crippen molar-refractivity contribution in [2.24, 2.45) is 11.7 Å². The van der Waals surface area contributed by atoms with Gasteiger partial charge in [0.15, 0.2) is 6.10 Å². The van der Waals surface area contributed by atoms with Crippen molar-refractivity contribution in [3.05, 3.63) is 29.8 Å². The summed E-state index contributed by atoms with van der Waals surface area (Å²) in [5.74, 6) is -0.450. The van der Waals surface area contributed by atoms with Crippen LogP contribution in [0.3, 0.4) is 0 Å². The number of nitrogens with two attached hydrogens (primary N) is 1. The number of benzene rings is 1. The lowest BCUT2D eigenvalue weighted by Gasteiger charge is -2.23. The minimum Gasteiger partial charge on any atom is -0.494 e. The van der Waals surface area contributed by atoms with Gasteiger partial charge in [0.25, 0.3) is 5.91 Å². The maximum Gasteiger partial charge on any atom is 0.251 e. The highest BCUT2D eigenvalue weighted by molar-refractivity contribution is 5.82. The van der Waals surface area contributed by atoms with Crippen LogP contribution in [0.25, 0.3) is 0 Å². The van der Waals surface area contributed by atoms with E-state index in [4.69, 9.17) is 19.9 Å². The Morgan fingerprint density at radius 2 is 2.08 bits per heavy atom. The Morgan fingerprint density at radius 1 is 1.33 bits per heavy atom. The zero-order valence-corrected chi connectivity index (χ0v) is 13.8. The first-order valence-electron chi connectivity index (χ1n) is 8.08. The molecule has 1 aliphatic heterocycles. The maximum atomic E-state index is 12.0. The van der Waals surface area contributed by atoms with Gasteiger partial charge < -0.3 is 25.3 Å². The van der Waals surface area contributed by atoms with Crippen LogP contribution in [0.5, 0.6) is 5.75 Å². The van der Waals surface area contributed by atoms with Crippen molar-refractivity contribution in [3.63, 3.8) is 0 Å². The van der Waals surface area contributed by atoms with E-state index in [0.717, 1.165) is 11.3 Å². The van der Waals surface area contributed by atoms with Crippen LogP contribution in [0.4, 0.5) is 0 Å². The lowest BCUT2D eigenvalue weighted by atomic mass is 9.98.